The summed E-state index contributed by atoms with van der Waals surface area (Å²) in [5.41, 5.74) is 1.06. The monoisotopic (exact) mass is 327 g/mol. The van der Waals surface area contributed by atoms with Crippen molar-refractivity contribution in [3.05, 3.63) is 52.1 Å². The van der Waals surface area contributed by atoms with Crippen molar-refractivity contribution in [2.24, 2.45) is 0 Å². The van der Waals surface area contributed by atoms with Crippen LogP contribution < -0.4 is 10.1 Å². The highest BCUT2D eigenvalue weighted by molar-refractivity contribution is 9.10. The van der Waals surface area contributed by atoms with Crippen LogP contribution in [-0.2, 0) is 13.2 Å². The van der Waals surface area contributed by atoms with Gasteiger partial charge in [0, 0.05) is 18.2 Å². The van der Waals surface area contributed by atoms with Crippen molar-refractivity contribution in [1.29, 1.82) is 0 Å². The van der Waals surface area contributed by atoms with E-state index in [9.17, 15) is 4.39 Å². The summed E-state index contributed by atoms with van der Waals surface area (Å²) in [7, 11) is 0. The molecule has 1 heterocycles. The molecule has 0 aliphatic carbocycles. The zero-order chi connectivity index (χ0) is 13.7. The van der Waals surface area contributed by atoms with Crippen LogP contribution in [0.15, 0.2) is 39.4 Å². The van der Waals surface area contributed by atoms with Gasteiger partial charge in [0.05, 0.1) is 10.7 Å². The zero-order valence-electron chi connectivity index (χ0n) is 10.6. The number of furan rings is 1. The molecule has 3 nitrogen and oxygen atoms in total. The van der Waals surface area contributed by atoms with E-state index in [1.165, 1.54) is 6.07 Å². The molecule has 102 valence electrons. The first-order valence-corrected chi connectivity index (χ1v) is 6.83. The Balaban J connectivity index is 1.98. The smallest absolute Gasteiger partial charge is 0.146 e. The van der Waals surface area contributed by atoms with Crippen LogP contribution in [0.5, 0.6) is 5.75 Å². The van der Waals surface area contributed by atoms with Crippen LogP contribution in [0.3, 0.4) is 0 Å². The summed E-state index contributed by atoms with van der Waals surface area (Å²) in [5, 5.41) is 3.22. The minimum Gasteiger partial charge on any atom is -0.486 e. The molecule has 1 aromatic carbocycles. The molecule has 0 aliphatic rings. The number of nitrogens with one attached hydrogen (secondary N) is 1. The van der Waals surface area contributed by atoms with E-state index in [2.05, 4.69) is 21.2 Å². The third-order valence-corrected chi connectivity index (χ3v) is 3.31. The Morgan fingerprint density at radius 1 is 1.37 bits per heavy atom. The maximum atomic E-state index is 13.3. The van der Waals surface area contributed by atoms with Crippen LogP contribution in [0, 0.1) is 5.82 Å². The summed E-state index contributed by atoms with van der Waals surface area (Å²) >= 11 is 3.10. The molecule has 2 aromatic rings. The lowest BCUT2D eigenvalue weighted by Gasteiger charge is -2.07. The highest BCUT2D eigenvalue weighted by Gasteiger charge is 2.08. The molecule has 1 aromatic heterocycles. The second-order valence-corrected chi connectivity index (χ2v) is 4.87. The quantitative estimate of drug-likeness (QED) is 0.874. The third kappa shape index (κ3) is 3.81. The van der Waals surface area contributed by atoms with Crippen LogP contribution in [0.2, 0.25) is 0 Å². The van der Waals surface area contributed by atoms with Crippen molar-refractivity contribution in [2.75, 3.05) is 6.54 Å². The van der Waals surface area contributed by atoms with Crippen LogP contribution >= 0.6 is 15.9 Å². The van der Waals surface area contributed by atoms with Gasteiger partial charge >= 0.3 is 0 Å². The standard InChI is InChI=1S/C14H15BrFNO2/c1-2-17-8-10-5-6-18-14(10)9-19-11-3-4-12(15)13(16)7-11/h3-7,17H,2,8-9H2,1H3. The Morgan fingerprint density at radius 3 is 2.95 bits per heavy atom. The Labute approximate surface area is 119 Å². The van der Waals surface area contributed by atoms with E-state index >= 15 is 0 Å². The topological polar surface area (TPSA) is 34.4 Å². The molecular weight excluding hydrogens is 313 g/mol. The zero-order valence-corrected chi connectivity index (χ0v) is 12.2. The predicted octanol–water partition coefficient (Wildman–Crippen LogP) is 3.87. The Hall–Kier alpha value is -1.33. The van der Waals surface area contributed by atoms with Gasteiger partial charge in [-0.3, -0.25) is 0 Å². The summed E-state index contributed by atoms with van der Waals surface area (Å²) < 4.78 is 24.6. The molecule has 0 saturated carbocycles. The fourth-order valence-corrected chi connectivity index (χ4v) is 1.87. The summed E-state index contributed by atoms with van der Waals surface area (Å²) in [5.74, 6) is 0.889. The molecule has 1 N–H and O–H groups in total. The Kier molecular flexibility index (Phi) is 4.99. The van der Waals surface area contributed by atoms with E-state index in [4.69, 9.17) is 9.15 Å². The minimum atomic E-state index is -0.343. The van der Waals surface area contributed by atoms with Gasteiger partial charge in [0.15, 0.2) is 0 Å². The summed E-state index contributed by atoms with van der Waals surface area (Å²) in [6, 6.07) is 6.58. The van der Waals surface area contributed by atoms with Crippen molar-refractivity contribution < 1.29 is 13.5 Å². The lowest BCUT2D eigenvalue weighted by molar-refractivity contribution is 0.267. The van der Waals surface area contributed by atoms with Gasteiger partial charge in [-0.15, -0.1) is 0 Å². The molecule has 0 bridgehead atoms. The fraction of sp³-hybridized carbons (Fsp3) is 0.286. The molecule has 19 heavy (non-hydrogen) atoms. The van der Waals surface area contributed by atoms with Crippen molar-refractivity contribution in [2.45, 2.75) is 20.1 Å². The van der Waals surface area contributed by atoms with E-state index in [1.807, 2.05) is 13.0 Å². The van der Waals surface area contributed by atoms with Gasteiger partial charge in [-0.2, -0.15) is 0 Å². The summed E-state index contributed by atoms with van der Waals surface area (Å²) in [4.78, 5) is 0. The number of rotatable bonds is 6. The van der Waals surface area contributed by atoms with Gasteiger partial charge in [-0.25, -0.2) is 4.39 Å². The normalized spacial score (nSPS) is 10.7. The van der Waals surface area contributed by atoms with Gasteiger partial charge < -0.3 is 14.5 Å². The number of hydrogen-bond acceptors (Lipinski definition) is 3. The molecule has 5 heteroatoms. The van der Waals surface area contributed by atoms with Gasteiger partial charge in [0.2, 0.25) is 0 Å². The largest absolute Gasteiger partial charge is 0.486 e. The van der Waals surface area contributed by atoms with E-state index in [0.29, 0.717) is 10.2 Å². The average Bonchev–Trinajstić information content (AvgIpc) is 2.85. The first kappa shape index (κ1) is 14.1. The first-order chi connectivity index (χ1) is 9.20. The third-order valence-electron chi connectivity index (χ3n) is 2.66. The van der Waals surface area contributed by atoms with Crippen LogP contribution in [0.25, 0.3) is 0 Å². The number of ether oxygens (including phenoxy) is 1. The Bertz CT molecular complexity index is 542. The van der Waals surface area contributed by atoms with Gasteiger partial charge in [0.1, 0.15) is 23.9 Å². The number of hydrogen-bond donors (Lipinski definition) is 1. The van der Waals surface area contributed by atoms with E-state index in [1.54, 1.807) is 18.4 Å². The van der Waals surface area contributed by atoms with E-state index < -0.39 is 0 Å². The Morgan fingerprint density at radius 2 is 2.21 bits per heavy atom. The van der Waals surface area contributed by atoms with E-state index in [-0.39, 0.29) is 12.4 Å². The summed E-state index contributed by atoms with van der Waals surface area (Å²) in [6.07, 6.45) is 1.63. The maximum absolute atomic E-state index is 13.3. The van der Waals surface area contributed by atoms with Gasteiger partial charge in [-0.05, 0) is 40.7 Å². The molecule has 0 fully saturated rings. The van der Waals surface area contributed by atoms with Gasteiger partial charge in [-0.1, -0.05) is 6.92 Å². The predicted molar refractivity (Wildman–Crippen MR) is 74.5 cm³/mol. The molecule has 0 atom stereocenters. The lowest BCUT2D eigenvalue weighted by Crippen LogP contribution is -2.12. The minimum absolute atomic E-state index is 0.287. The molecule has 0 radical (unpaired) electrons. The van der Waals surface area contributed by atoms with Crippen molar-refractivity contribution in [3.63, 3.8) is 0 Å². The van der Waals surface area contributed by atoms with Crippen molar-refractivity contribution in [1.82, 2.24) is 5.32 Å². The molecule has 2 rings (SSSR count). The highest BCUT2D eigenvalue weighted by atomic mass is 79.9. The molecular formula is C14H15BrFNO2. The van der Waals surface area contributed by atoms with Crippen LogP contribution in [-0.4, -0.2) is 6.54 Å². The van der Waals surface area contributed by atoms with Crippen molar-refractivity contribution in [3.8, 4) is 5.75 Å². The number of benzene rings is 1. The molecule has 0 amide bonds. The van der Waals surface area contributed by atoms with Crippen LogP contribution in [0.4, 0.5) is 4.39 Å². The summed E-state index contributed by atoms with van der Waals surface area (Å²) in [6.45, 7) is 3.96. The van der Waals surface area contributed by atoms with E-state index in [0.717, 1.165) is 24.4 Å². The number of halogens is 2. The van der Waals surface area contributed by atoms with Crippen molar-refractivity contribution >= 4 is 15.9 Å². The second-order valence-electron chi connectivity index (χ2n) is 4.01. The molecule has 0 spiro atoms. The first-order valence-electron chi connectivity index (χ1n) is 6.04. The lowest BCUT2D eigenvalue weighted by atomic mass is 10.2. The average molecular weight is 328 g/mol. The highest BCUT2D eigenvalue weighted by Crippen LogP contribution is 2.22. The second kappa shape index (κ2) is 6.73. The SMILES string of the molecule is CCNCc1ccoc1COc1ccc(Br)c(F)c1. The molecule has 0 aliphatic heterocycles. The van der Waals surface area contributed by atoms with Crippen LogP contribution in [0.1, 0.15) is 18.2 Å². The maximum Gasteiger partial charge on any atom is 0.146 e. The van der Waals surface area contributed by atoms with Gasteiger partial charge in [0.25, 0.3) is 0 Å². The molecule has 0 saturated heterocycles. The molecule has 0 unspecified atom stereocenters. The fourth-order valence-electron chi connectivity index (χ4n) is 1.63.